The van der Waals surface area contributed by atoms with Crippen LogP contribution >= 0.6 is 11.3 Å². The van der Waals surface area contributed by atoms with E-state index in [2.05, 4.69) is 97.1 Å². The van der Waals surface area contributed by atoms with E-state index in [0.717, 1.165) is 38.9 Å². The number of fused-ring (bicyclic) bond motifs is 6. The van der Waals surface area contributed by atoms with Crippen molar-refractivity contribution in [3.63, 3.8) is 0 Å². The van der Waals surface area contributed by atoms with E-state index in [-0.39, 0.29) is 0 Å². The van der Waals surface area contributed by atoms with Crippen LogP contribution in [0.25, 0.3) is 97.6 Å². The molecule has 0 aliphatic rings. The fourth-order valence-electron chi connectivity index (χ4n) is 6.91. The van der Waals surface area contributed by atoms with Gasteiger partial charge in [0.1, 0.15) is 16.8 Å². The molecule has 0 aliphatic carbocycles. The maximum Gasteiger partial charge on any atom is 0.180 e. The summed E-state index contributed by atoms with van der Waals surface area (Å²) in [5, 5.41) is 8.89. The summed E-state index contributed by atoms with van der Waals surface area (Å²) in [6.45, 7) is 0. The first-order valence-corrected chi connectivity index (χ1v) is 15.6. The maximum absolute atomic E-state index is 6.67. The molecule has 0 saturated carbocycles. The van der Waals surface area contributed by atoms with E-state index in [4.69, 9.17) is 14.4 Å². The molecule has 0 amide bonds. The van der Waals surface area contributed by atoms with E-state index >= 15 is 0 Å². The van der Waals surface area contributed by atoms with E-state index in [0.29, 0.717) is 11.4 Å². The summed E-state index contributed by atoms with van der Waals surface area (Å²) in [7, 11) is 0. The SMILES string of the molecule is c1ccc(-c2nc(-c3ccccc3)c3oc4cc(-c5ccc6sc7cccc8c9ccccc9c5c6c78)ccc4c3n2)cc1. The van der Waals surface area contributed by atoms with Crippen molar-refractivity contribution in [3.8, 4) is 33.8 Å². The highest BCUT2D eigenvalue weighted by molar-refractivity contribution is 7.26. The third-order valence-corrected chi connectivity index (χ3v) is 9.97. The zero-order valence-electron chi connectivity index (χ0n) is 23.4. The van der Waals surface area contributed by atoms with E-state index in [1.54, 1.807) is 0 Å². The number of furan rings is 1. The third kappa shape index (κ3) is 3.31. The Kier molecular flexibility index (Phi) is 4.87. The number of thiophene rings is 1. The van der Waals surface area contributed by atoms with Crippen LogP contribution in [0.3, 0.4) is 0 Å². The predicted octanol–water partition coefficient (Wildman–Crippen LogP) is 11.5. The van der Waals surface area contributed by atoms with Gasteiger partial charge in [-0.05, 0) is 56.9 Å². The number of rotatable bonds is 3. The Labute approximate surface area is 256 Å². The van der Waals surface area contributed by atoms with Crippen molar-refractivity contribution in [1.82, 2.24) is 9.97 Å². The second-order valence-electron chi connectivity index (χ2n) is 11.3. The molecule has 0 spiro atoms. The van der Waals surface area contributed by atoms with Gasteiger partial charge in [0, 0.05) is 36.7 Å². The summed E-state index contributed by atoms with van der Waals surface area (Å²) in [6.07, 6.45) is 0. The van der Waals surface area contributed by atoms with E-state index < -0.39 is 0 Å². The number of nitrogens with zero attached hydrogens (tertiary/aromatic N) is 2. The summed E-state index contributed by atoms with van der Waals surface area (Å²) in [4.78, 5) is 10.1. The molecule has 44 heavy (non-hydrogen) atoms. The van der Waals surface area contributed by atoms with Crippen LogP contribution in [-0.2, 0) is 0 Å². The van der Waals surface area contributed by atoms with Crippen LogP contribution in [0.5, 0.6) is 0 Å². The Balaban J connectivity index is 1.27. The second kappa shape index (κ2) is 8.96. The molecule has 0 unspecified atom stereocenters. The molecule has 3 nitrogen and oxygen atoms in total. The van der Waals surface area contributed by atoms with Gasteiger partial charge in [-0.25, -0.2) is 9.97 Å². The number of hydrogen-bond acceptors (Lipinski definition) is 4. The molecule has 0 aliphatic heterocycles. The van der Waals surface area contributed by atoms with Gasteiger partial charge in [0.25, 0.3) is 0 Å². The molecule has 4 heteroatoms. The third-order valence-electron chi connectivity index (χ3n) is 8.85. The van der Waals surface area contributed by atoms with Crippen LogP contribution in [0.15, 0.2) is 138 Å². The number of aromatic nitrogens is 2. The molecule has 3 heterocycles. The molecule has 0 bridgehead atoms. The Bertz CT molecular complexity index is 2710. The molecular weight excluding hydrogens is 557 g/mol. The average Bonchev–Trinajstić information content (AvgIpc) is 3.66. The van der Waals surface area contributed by atoms with Crippen LogP contribution in [0.4, 0.5) is 0 Å². The summed E-state index contributed by atoms with van der Waals surface area (Å²) >= 11 is 1.88. The average molecular weight is 579 g/mol. The first-order chi connectivity index (χ1) is 21.8. The molecule has 0 N–H and O–H groups in total. The van der Waals surface area contributed by atoms with Crippen molar-refractivity contribution in [1.29, 1.82) is 0 Å². The van der Waals surface area contributed by atoms with Crippen LogP contribution in [0, 0.1) is 0 Å². The molecule has 0 fully saturated rings. The standard InChI is InChI=1S/C40H22N2OS/c1-3-10-23(11-4-1)37-39-38(42-40(41-37)24-12-5-2-6-13-24)30-19-18-25(22-31(30)43-39)26-20-21-33-36-34(26)28-15-8-7-14-27(28)29-16-9-17-32(44-33)35(29)36/h1-22H. The van der Waals surface area contributed by atoms with Crippen LogP contribution in [-0.4, -0.2) is 9.97 Å². The molecule has 10 rings (SSSR count). The van der Waals surface area contributed by atoms with Crippen LogP contribution in [0.1, 0.15) is 0 Å². The summed E-state index contributed by atoms with van der Waals surface area (Å²) < 4.78 is 9.32. The summed E-state index contributed by atoms with van der Waals surface area (Å²) in [5.41, 5.74) is 7.46. The molecule has 0 radical (unpaired) electrons. The Hall–Kier alpha value is -5.58. The van der Waals surface area contributed by atoms with E-state index in [9.17, 15) is 0 Å². The molecule has 204 valence electrons. The van der Waals surface area contributed by atoms with Crippen molar-refractivity contribution in [2.75, 3.05) is 0 Å². The van der Waals surface area contributed by atoms with Gasteiger partial charge < -0.3 is 4.42 Å². The minimum atomic E-state index is 0.690. The minimum absolute atomic E-state index is 0.690. The van der Waals surface area contributed by atoms with Crippen LogP contribution in [0.2, 0.25) is 0 Å². The van der Waals surface area contributed by atoms with Crippen molar-refractivity contribution in [3.05, 3.63) is 133 Å². The molecule has 0 saturated heterocycles. The smallest absolute Gasteiger partial charge is 0.180 e. The molecule has 10 aromatic rings. The van der Waals surface area contributed by atoms with Gasteiger partial charge in [0.05, 0.1) is 0 Å². The minimum Gasteiger partial charge on any atom is -0.452 e. The maximum atomic E-state index is 6.67. The zero-order chi connectivity index (χ0) is 28.8. The Morgan fingerprint density at radius 1 is 0.477 bits per heavy atom. The lowest BCUT2D eigenvalue weighted by Gasteiger charge is -2.13. The summed E-state index contributed by atoms with van der Waals surface area (Å²) in [5.74, 6) is 0.690. The van der Waals surface area contributed by atoms with Gasteiger partial charge in [-0.2, -0.15) is 0 Å². The van der Waals surface area contributed by atoms with Crippen molar-refractivity contribution in [2.45, 2.75) is 0 Å². The second-order valence-corrected chi connectivity index (χ2v) is 12.4. The van der Waals surface area contributed by atoms with Gasteiger partial charge >= 0.3 is 0 Å². The lowest BCUT2D eigenvalue weighted by molar-refractivity contribution is 0.667. The topological polar surface area (TPSA) is 38.9 Å². The van der Waals surface area contributed by atoms with Crippen molar-refractivity contribution >= 4 is 75.1 Å². The molecular formula is C40H22N2OS. The highest BCUT2D eigenvalue weighted by Gasteiger charge is 2.21. The monoisotopic (exact) mass is 578 g/mol. The van der Waals surface area contributed by atoms with Crippen molar-refractivity contribution < 1.29 is 4.42 Å². The lowest BCUT2D eigenvalue weighted by atomic mass is 9.89. The Morgan fingerprint density at radius 2 is 1.18 bits per heavy atom. The highest BCUT2D eigenvalue weighted by Crippen LogP contribution is 2.48. The van der Waals surface area contributed by atoms with Gasteiger partial charge in [-0.15, -0.1) is 11.3 Å². The van der Waals surface area contributed by atoms with Gasteiger partial charge in [0.2, 0.25) is 0 Å². The normalized spacial score (nSPS) is 12.1. The summed E-state index contributed by atoms with van der Waals surface area (Å²) in [6, 6.07) is 47.0. The van der Waals surface area contributed by atoms with Crippen molar-refractivity contribution in [2.24, 2.45) is 0 Å². The van der Waals surface area contributed by atoms with Gasteiger partial charge in [-0.1, -0.05) is 109 Å². The fourth-order valence-corrected chi connectivity index (χ4v) is 8.05. The Morgan fingerprint density at radius 3 is 2.02 bits per heavy atom. The largest absolute Gasteiger partial charge is 0.452 e. The van der Waals surface area contributed by atoms with Crippen LogP contribution < -0.4 is 0 Å². The van der Waals surface area contributed by atoms with E-state index in [1.807, 2.05) is 47.7 Å². The zero-order valence-corrected chi connectivity index (χ0v) is 24.2. The quantitative estimate of drug-likeness (QED) is 0.196. The number of hydrogen-bond donors (Lipinski definition) is 0. The molecule has 7 aromatic carbocycles. The highest BCUT2D eigenvalue weighted by atomic mass is 32.1. The first-order valence-electron chi connectivity index (χ1n) is 14.8. The lowest BCUT2D eigenvalue weighted by Crippen LogP contribution is -1.93. The predicted molar refractivity (Wildman–Crippen MR) is 185 cm³/mol. The molecule has 3 aromatic heterocycles. The van der Waals surface area contributed by atoms with Gasteiger partial charge in [-0.3, -0.25) is 0 Å². The number of benzene rings is 7. The molecule has 0 atom stereocenters. The van der Waals surface area contributed by atoms with E-state index in [1.165, 1.54) is 47.3 Å². The van der Waals surface area contributed by atoms with Gasteiger partial charge in [0.15, 0.2) is 11.4 Å². The fraction of sp³-hybridized carbons (Fsp3) is 0. The first kappa shape index (κ1) is 23.9.